The first-order chi connectivity index (χ1) is 8.41. The third-order valence-electron chi connectivity index (χ3n) is 3.11. The number of thiophene rings is 1. The largest absolute Gasteiger partial charge is 0.376 e. The van der Waals surface area contributed by atoms with Crippen LogP contribution in [0.25, 0.3) is 0 Å². The summed E-state index contributed by atoms with van der Waals surface area (Å²) in [5.74, 6) is 0. The molecule has 0 aliphatic heterocycles. The number of rotatable bonds is 6. The minimum absolute atomic E-state index is 0.124. The average Bonchev–Trinajstić information content (AvgIpc) is 2.68. The van der Waals surface area contributed by atoms with Crippen molar-refractivity contribution in [2.24, 2.45) is 5.41 Å². The molecule has 0 fully saturated rings. The first-order valence-corrected chi connectivity index (χ1v) is 7.68. The van der Waals surface area contributed by atoms with Gasteiger partial charge in [-0.1, -0.05) is 27.7 Å². The van der Waals surface area contributed by atoms with E-state index in [-0.39, 0.29) is 17.6 Å². The van der Waals surface area contributed by atoms with E-state index in [1.165, 1.54) is 10.4 Å². The number of hydrogen-bond acceptors (Lipinski definition) is 3. The highest BCUT2D eigenvalue weighted by Crippen LogP contribution is 2.36. The molecule has 0 bridgehead atoms. The second-order valence-corrected chi connectivity index (χ2v) is 6.69. The van der Waals surface area contributed by atoms with Crippen LogP contribution >= 0.6 is 11.3 Å². The van der Waals surface area contributed by atoms with Crippen molar-refractivity contribution < 1.29 is 4.74 Å². The van der Waals surface area contributed by atoms with Gasteiger partial charge in [0, 0.05) is 11.5 Å². The highest BCUT2D eigenvalue weighted by molar-refractivity contribution is 7.10. The van der Waals surface area contributed by atoms with E-state index >= 15 is 0 Å². The lowest BCUT2D eigenvalue weighted by atomic mass is 9.83. The van der Waals surface area contributed by atoms with E-state index in [4.69, 9.17) is 4.74 Å². The van der Waals surface area contributed by atoms with Crippen molar-refractivity contribution >= 4 is 11.3 Å². The van der Waals surface area contributed by atoms with Crippen molar-refractivity contribution in [3.8, 4) is 0 Å². The second-order valence-electron chi connectivity index (χ2n) is 5.75. The topological polar surface area (TPSA) is 21.3 Å². The van der Waals surface area contributed by atoms with E-state index in [2.05, 4.69) is 58.3 Å². The fourth-order valence-corrected chi connectivity index (χ4v) is 3.31. The average molecular weight is 269 g/mol. The van der Waals surface area contributed by atoms with Crippen molar-refractivity contribution in [2.45, 2.75) is 53.7 Å². The molecule has 1 N–H and O–H groups in total. The minimum Gasteiger partial charge on any atom is -0.376 e. The van der Waals surface area contributed by atoms with Crippen molar-refractivity contribution in [1.82, 2.24) is 5.32 Å². The summed E-state index contributed by atoms with van der Waals surface area (Å²) in [7, 11) is 0. The van der Waals surface area contributed by atoms with Gasteiger partial charge in [-0.3, -0.25) is 0 Å². The van der Waals surface area contributed by atoms with Gasteiger partial charge < -0.3 is 10.1 Å². The molecule has 104 valence electrons. The molecule has 0 radical (unpaired) electrons. The number of nitrogens with one attached hydrogen (secondary N) is 1. The number of hydrogen-bond donors (Lipinski definition) is 1. The monoisotopic (exact) mass is 269 g/mol. The predicted molar refractivity (Wildman–Crippen MR) is 80.3 cm³/mol. The molecule has 0 saturated carbocycles. The Morgan fingerprint density at radius 1 is 1.33 bits per heavy atom. The summed E-state index contributed by atoms with van der Waals surface area (Å²) in [4.78, 5) is 1.41. The van der Waals surface area contributed by atoms with Crippen LogP contribution in [0, 0.1) is 12.3 Å². The van der Waals surface area contributed by atoms with Gasteiger partial charge in [0.05, 0.1) is 12.1 Å². The molecule has 0 aliphatic rings. The summed E-state index contributed by atoms with van der Waals surface area (Å²) in [6.07, 6.45) is 0.194. The Morgan fingerprint density at radius 2 is 2.00 bits per heavy atom. The van der Waals surface area contributed by atoms with Gasteiger partial charge in [-0.25, -0.2) is 0 Å². The molecule has 1 heterocycles. The van der Waals surface area contributed by atoms with Gasteiger partial charge in [0.25, 0.3) is 0 Å². The van der Waals surface area contributed by atoms with E-state index < -0.39 is 0 Å². The molecule has 1 aromatic rings. The third-order valence-corrected chi connectivity index (χ3v) is 4.21. The molecule has 0 saturated heterocycles. The number of aryl methyl sites for hydroxylation is 1. The molecule has 1 aromatic heterocycles. The summed E-state index contributed by atoms with van der Waals surface area (Å²) < 4.78 is 6.04. The van der Waals surface area contributed by atoms with Crippen LogP contribution in [-0.2, 0) is 4.74 Å². The zero-order valence-corrected chi connectivity index (χ0v) is 13.4. The Hall–Kier alpha value is -0.380. The molecule has 2 atom stereocenters. The zero-order chi connectivity index (χ0) is 13.8. The van der Waals surface area contributed by atoms with Crippen molar-refractivity contribution in [2.75, 3.05) is 13.2 Å². The zero-order valence-electron chi connectivity index (χ0n) is 12.5. The smallest absolute Gasteiger partial charge is 0.0825 e. The summed E-state index contributed by atoms with van der Waals surface area (Å²) in [5.41, 5.74) is 1.49. The molecule has 2 unspecified atom stereocenters. The standard InChI is InChI=1S/C15H27NOS/c1-7-16-12(13-11(3)9-10-18-13)14(17-8-2)15(4,5)6/h9-10,12,14,16H,7-8H2,1-6H3. The molecule has 0 aromatic carbocycles. The van der Waals surface area contributed by atoms with E-state index in [0.717, 1.165) is 13.2 Å². The van der Waals surface area contributed by atoms with Crippen molar-refractivity contribution in [3.63, 3.8) is 0 Å². The first kappa shape index (κ1) is 15.7. The van der Waals surface area contributed by atoms with Gasteiger partial charge >= 0.3 is 0 Å². The van der Waals surface area contributed by atoms with Crippen LogP contribution in [0.4, 0.5) is 0 Å². The molecule has 1 rings (SSSR count). The highest BCUT2D eigenvalue weighted by atomic mass is 32.1. The lowest BCUT2D eigenvalue weighted by Crippen LogP contribution is -2.42. The van der Waals surface area contributed by atoms with Gasteiger partial charge in [-0.15, -0.1) is 11.3 Å². The van der Waals surface area contributed by atoms with Crippen molar-refractivity contribution in [3.05, 3.63) is 21.9 Å². The Balaban J connectivity index is 3.05. The molecular formula is C15H27NOS. The normalized spacial score (nSPS) is 15.7. The van der Waals surface area contributed by atoms with Crippen LogP contribution in [0.1, 0.15) is 51.1 Å². The van der Waals surface area contributed by atoms with Gasteiger partial charge in [0.2, 0.25) is 0 Å². The maximum absolute atomic E-state index is 6.04. The van der Waals surface area contributed by atoms with Crippen LogP contribution < -0.4 is 5.32 Å². The van der Waals surface area contributed by atoms with Gasteiger partial charge in [0.15, 0.2) is 0 Å². The molecule has 0 spiro atoms. The predicted octanol–water partition coefficient (Wildman–Crippen LogP) is 4.16. The Labute approximate surface area is 116 Å². The molecule has 18 heavy (non-hydrogen) atoms. The lowest BCUT2D eigenvalue weighted by molar-refractivity contribution is -0.0356. The van der Waals surface area contributed by atoms with Crippen LogP contribution in [0.2, 0.25) is 0 Å². The van der Waals surface area contributed by atoms with E-state index in [1.807, 2.05) is 11.3 Å². The fourth-order valence-electron chi connectivity index (χ4n) is 2.29. The van der Waals surface area contributed by atoms with E-state index in [9.17, 15) is 0 Å². The summed E-state index contributed by atoms with van der Waals surface area (Å²) in [6.45, 7) is 14.9. The number of ether oxygens (including phenoxy) is 1. The van der Waals surface area contributed by atoms with Gasteiger partial charge in [-0.2, -0.15) is 0 Å². The lowest BCUT2D eigenvalue weighted by Gasteiger charge is -2.37. The molecule has 0 aliphatic carbocycles. The summed E-state index contributed by atoms with van der Waals surface area (Å²) in [6, 6.07) is 2.48. The maximum atomic E-state index is 6.04. The third kappa shape index (κ3) is 3.81. The van der Waals surface area contributed by atoms with Crippen LogP contribution in [0.5, 0.6) is 0 Å². The first-order valence-electron chi connectivity index (χ1n) is 6.80. The van der Waals surface area contributed by atoms with E-state index in [0.29, 0.717) is 0 Å². The Bertz CT molecular complexity index is 354. The summed E-state index contributed by atoms with van der Waals surface area (Å²) >= 11 is 1.83. The van der Waals surface area contributed by atoms with Gasteiger partial charge in [0.1, 0.15) is 0 Å². The Morgan fingerprint density at radius 3 is 2.39 bits per heavy atom. The Kier molecular flexibility index (Phi) is 5.83. The summed E-state index contributed by atoms with van der Waals surface area (Å²) in [5, 5.41) is 5.77. The van der Waals surface area contributed by atoms with Crippen molar-refractivity contribution in [1.29, 1.82) is 0 Å². The van der Waals surface area contributed by atoms with Crippen LogP contribution in [0.15, 0.2) is 11.4 Å². The molecule has 0 amide bonds. The quantitative estimate of drug-likeness (QED) is 0.837. The van der Waals surface area contributed by atoms with E-state index in [1.54, 1.807) is 0 Å². The molecule has 2 nitrogen and oxygen atoms in total. The fraction of sp³-hybridized carbons (Fsp3) is 0.733. The SMILES string of the molecule is CCNC(c1sccc1C)C(OCC)C(C)(C)C. The molecular weight excluding hydrogens is 242 g/mol. The number of likely N-dealkylation sites (N-methyl/N-ethyl adjacent to an activating group) is 1. The maximum Gasteiger partial charge on any atom is 0.0825 e. The minimum atomic E-state index is 0.124. The van der Waals surface area contributed by atoms with Crippen LogP contribution in [-0.4, -0.2) is 19.3 Å². The highest BCUT2D eigenvalue weighted by Gasteiger charge is 2.34. The van der Waals surface area contributed by atoms with Crippen LogP contribution in [0.3, 0.4) is 0 Å². The molecule has 3 heteroatoms. The van der Waals surface area contributed by atoms with Gasteiger partial charge in [-0.05, 0) is 42.8 Å². The second kappa shape index (κ2) is 6.69.